The molecule has 6 heteroatoms. The van der Waals surface area contributed by atoms with Gasteiger partial charge in [-0.1, -0.05) is 0 Å². The molecule has 0 saturated carbocycles. The molecule has 84 valence electrons. The summed E-state index contributed by atoms with van der Waals surface area (Å²) in [5.74, 6) is 0. The SMILES string of the molecule is CCO[C@H]1O[C@H](CO)[C@@H](O)[C@H](N)[C@@H]1O. The maximum absolute atomic E-state index is 9.54. The van der Waals surface area contributed by atoms with Gasteiger partial charge in [0.05, 0.1) is 12.6 Å². The molecule has 1 rings (SSSR count). The standard InChI is InChI=1S/C8H17NO5/c1-2-13-8-7(12)5(9)6(11)4(3-10)14-8/h4-8,10-12H,2-3,9H2,1H3/t4-,5+,6-,7+,8+/m1/s1. The van der Waals surface area contributed by atoms with Crippen molar-refractivity contribution in [3.63, 3.8) is 0 Å². The molecule has 1 aliphatic rings. The van der Waals surface area contributed by atoms with E-state index in [9.17, 15) is 10.2 Å². The number of ether oxygens (including phenoxy) is 2. The molecule has 0 amide bonds. The summed E-state index contributed by atoms with van der Waals surface area (Å²) in [4.78, 5) is 0. The van der Waals surface area contributed by atoms with Crippen LogP contribution in [0.25, 0.3) is 0 Å². The van der Waals surface area contributed by atoms with Crippen molar-refractivity contribution in [2.45, 2.75) is 37.6 Å². The molecule has 0 bridgehead atoms. The average Bonchev–Trinajstić information content (AvgIpc) is 2.19. The summed E-state index contributed by atoms with van der Waals surface area (Å²) in [5.41, 5.74) is 5.54. The zero-order valence-corrected chi connectivity index (χ0v) is 8.04. The van der Waals surface area contributed by atoms with Gasteiger partial charge in [0.25, 0.3) is 0 Å². The summed E-state index contributed by atoms with van der Waals surface area (Å²) in [5, 5.41) is 27.9. The first kappa shape index (κ1) is 11.8. The smallest absolute Gasteiger partial charge is 0.185 e. The second-order valence-corrected chi connectivity index (χ2v) is 3.24. The number of aliphatic hydroxyl groups excluding tert-OH is 3. The molecule has 0 spiro atoms. The quantitative estimate of drug-likeness (QED) is 0.418. The van der Waals surface area contributed by atoms with E-state index in [0.717, 1.165) is 0 Å². The summed E-state index contributed by atoms with van der Waals surface area (Å²) in [6.45, 7) is 1.76. The largest absolute Gasteiger partial charge is 0.394 e. The van der Waals surface area contributed by atoms with Gasteiger partial charge in [-0.25, -0.2) is 0 Å². The van der Waals surface area contributed by atoms with Crippen molar-refractivity contribution in [2.75, 3.05) is 13.2 Å². The second kappa shape index (κ2) is 5.01. The van der Waals surface area contributed by atoms with Crippen molar-refractivity contribution in [2.24, 2.45) is 5.73 Å². The highest BCUT2D eigenvalue weighted by Crippen LogP contribution is 2.20. The van der Waals surface area contributed by atoms with Gasteiger partial charge in [-0.05, 0) is 6.92 Å². The molecule has 1 aliphatic heterocycles. The zero-order valence-electron chi connectivity index (χ0n) is 8.04. The Bertz CT molecular complexity index is 175. The molecule has 1 fully saturated rings. The van der Waals surface area contributed by atoms with E-state index in [1.54, 1.807) is 6.92 Å². The maximum Gasteiger partial charge on any atom is 0.185 e. The molecular formula is C8H17NO5. The molecule has 0 radical (unpaired) electrons. The summed E-state index contributed by atoms with van der Waals surface area (Å²) < 4.78 is 10.2. The molecule has 0 aliphatic carbocycles. The molecule has 0 aromatic rings. The van der Waals surface area contributed by atoms with Crippen LogP contribution in [0.15, 0.2) is 0 Å². The fraction of sp³-hybridized carbons (Fsp3) is 1.00. The number of aliphatic hydroxyl groups is 3. The van der Waals surface area contributed by atoms with Crippen LogP contribution in [0.5, 0.6) is 0 Å². The first-order chi connectivity index (χ1) is 6.61. The number of hydrogen-bond acceptors (Lipinski definition) is 6. The van der Waals surface area contributed by atoms with Crippen LogP contribution in [0.2, 0.25) is 0 Å². The molecular weight excluding hydrogens is 190 g/mol. The highest BCUT2D eigenvalue weighted by Gasteiger charge is 2.42. The predicted molar refractivity (Wildman–Crippen MR) is 47.4 cm³/mol. The molecule has 1 heterocycles. The Kier molecular flexibility index (Phi) is 4.24. The minimum absolute atomic E-state index is 0.356. The Morgan fingerprint density at radius 3 is 2.50 bits per heavy atom. The predicted octanol–water partition coefficient (Wildman–Crippen LogP) is -2.21. The van der Waals surface area contributed by atoms with E-state index in [0.29, 0.717) is 6.61 Å². The number of rotatable bonds is 3. The van der Waals surface area contributed by atoms with E-state index in [1.807, 2.05) is 0 Å². The Hall–Kier alpha value is -0.240. The highest BCUT2D eigenvalue weighted by atomic mass is 16.7. The molecule has 1 saturated heterocycles. The summed E-state index contributed by atoms with van der Waals surface area (Å²) in [6, 6.07) is -0.863. The van der Waals surface area contributed by atoms with Crippen LogP contribution in [0, 0.1) is 0 Å². The lowest BCUT2D eigenvalue weighted by Crippen LogP contribution is -2.62. The van der Waals surface area contributed by atoms with Crippen molar-refractivity contribution in [3.8, 4) is 0 Å². The molecule has 14 heavy (non-hydrogen) atoms. The van der Waals surface area contributed by atoms with Crippen molar-refractivity contribution in [1.82, 2.24) is 0 Å². The van der Waals surface area contributed by atoms with Gasteiger partial charge in [0.1, 0.15) is 18.3 Å². The van der Waals surface area contributed by atoms with Crippen molar-refractivity contribution in [1.29, 1.82) is 0 Å². The lowest BCUT2D eigenvalue weighted by molar-refractivity contribution is -0.274. The maximum atomic E-state index is 9.54. The van der Waals surface area contributed by atoms with E-state index >= 15 is 0 Å². The van der Waals surface area contributed by atoms with Gasteiger partial charge in [0, 0.05) is 6.61 Å². The molecule has 0 aromatic carbocycles. The zero-order chi connectivity index (χ0) is 10.7. The third-order valence-electron chi connectivity index (χ3n) is 2.27. The van der Waals surface area contributed by atoms with E-state index in [4.69, 9.17) is 20.3 Å². The van der Waals surface area contributed by atoms with Gasteiger partial charge in [0.15, 0.2) is 6.29 Å². The minimum Gasteiger partial charge on any atom is -0.394 e. The van der Waals surface area contributed by atoms with Crippen LogP contribution in [0.4, 0.5) is 0 Å². The summed E-state index contributed by atoms with van der Waals surface area (Å²) in [7, 11) is 0. The molecule has 0 unspecified atom stereocenters. The highest BCUT2D eigenvalue weighted by molar-refractivity contribution is 4.91. The van der Waals surface area contributed by atoms with Crippen molar-refractivity contribution < 1.29 is 24.8 Å². The van der Waals surface area contributed by atoms with Crippen LogP contribution in [0.1, 0.15) is 6.92 Å². The fourth-order valence-electron chi connectivity index (χ4n) is 1.42. The van der Waals surface area contributed by atoms with Gasteiger partial charge in [-0.15, -0.1) is 0 Å². The molecule has 0 aromatic heterocycles. The molecule has 6 nitrogen and oxygen atoms in total. The first-order valence-electron chi connectivity index (χ1n) is 4.61. The normalized spacial score (nSPS) is 43.9. The Labute approximate surface area is 82.2 Å². The first-order valence-corrected chi connectivity index (χ1v) is 4.61. The van der Waals surface area contributed by atoms with E-state index in [2.05, 4.69) is 0 Å². The Balaban J connectivity index is 2.63. The number of nitrogens with two attached hydrogens (primary N) is 1. The van der Waals surface area contributed by atoms with Gasteiger partial charge < -0.3 is 30.5 Å². The lowest BCUT2D eigenvalue weighted by Gasteiger charge is -2.40. The third-order valence-corrected chi connectivity index (χ3v) is 2.27. The molecule has 5 atom stereocenters. The monoisotopic (exact) mass is 207 g/mol. The number of hydrogen-bond donors (Lipinski definition) is 4. The average molecular weight is 207 g/mol. The van der Waals surface area contributed by atoms with Crippen LogP contribution in [0.3, 0.4) is 0 Å². The van der Waals surface area contributed by atoms with Crippen LogP contribution in [-0.2, 0) is 9.47 Å². The minimum atomic E-state index is -1.08. The van der Waals surface area contributed by atoms with Gasteiger partial charge in [-0.2, -0.15) is 0 Å². The van der Waals surface area contributed by atoms with E-state index in [-0.39, 0.29) is 6.61 Å². The van der Waals surface area contributed by atoms with Gasteiger partial charge in [-0.3, -0.25) is 0 Å². The summed E-state index contributed by atoms with van der Waals surface area (Å²) >= 11 is 0. The molecule has 5 N–H and O–H groups in total. The van der Waals surface area contributed by atoms with Crippen LogP contribution in [-0.4, -0.2) is 59.2 Å². The van der Waals surface area contributed by atoms with Crippen LogP contribution >= 0.6 is 0 Å². The third kappa shape index (κ3) is 2.22. The van der Waals surface area contributed by atoms with Crippen LogP contribution < -0.4 is 5.73 Å². The lowest BCUT2D eigenvalue weighted by atomic mass is 9.97. The van der Waals surface area contributed by atoms with Gasteiger partial charge in [0.2, 0.25) is 0 Å². The van der Waals surface area contributed by atoms with E-state index < -0.39 is 30.6 Å². The van der Waals surface area contributed by atoms with Crippen molar-refractivity contribution >= 4 is 0 Å². The second-order valence-electron chi connectivity index (χ2n) is 3.24. The summed E-state index contributed by atoms with van der Waals surface area (Å²) in [6.07, 6.45) is -3.83. The van der Waals surface area contributed by atoms with Crippen molar-refractivity contribution in [3.05, 3.63) is 0 Å². The Morgan fingerprint density at radius 1 is 1.36 bits per heavy atom. The fourth-order valence-corrected chi connectivity index (χ4v) is 1.42. The van der Waals surface area contributed by atoms with E-state index in [1.165, 1.54) is 0 Å². The Morgan fingerprint density at radius 2 is 2.00 bits per heavy atom. The van der Waals surface area contributed by atoms with Gasteiger partial charge >= 0.3 is 0 Å². The topological polar surface area (TPSA) is 105 Å².